The van der Waals surface area contributed by atoms with Crippen LogP contribution in [0.4, 0.5) is 26.3 Å². The number of carboxylic acid groups (broad SMARTS) is 1. The Morgan fingerprint density at radius 3 is 2.04 bits per heavy atom. The molecule has 2 aromatic rings. The minimum absolute atomic E-state index is 0.0696. The molecular formula is C35H44F6N2O2. The Labute approximate surface area is 261 Å². The number of hydrogen-bond donors (Lipinski definition) is 1. The lowest BCUT2D eigenvalue weighted by molar-refractivity contribution is -0.146. The van der Waals surface area contributed by atoms with Gasteiger partial charge >= 0.3 is 18.3 Å². The normalized spacial score (nSPS) is 23.8. The van der Waals surface area contributed by atoms with Crippen LogP contribution in [0.2, 0.25) is 0 Å². The summed E-state index contributed by atoms with van der Waals surface area (Å²) in [6, 6.07) is 11.8. The number of carbonyl (C=O) groups is 1. The first-order chi connectivity index (χ1) is 21.4. The van der Waals surface area contributed by atoms with E-state index < -0.39 is 35.5 Å². The van der Waals surface area contributed by atoms with Crippen molar-refractivity contribution in [2.24, 2.45) is 17.8 Å². The molecule has 45 heavy (non-hydrogen) atoms. The molecule has 2 aliphatic heterocycles. The Hall–Kier alpha value is -2.59. The van der Waals surface area contributed by atoms with Crippen LogP contribution >= 0.6 is 0 Å². The van der Waals surface area contributed by atoms with Gasteiger partial charge in [-0.15, -0.1) is 0 Å². The molecule has 3 unspecified atom stereocenters. The predicted molar refractivity (Wildman–Crippen MR) is 161 cm³/mol. The van der Waals surface area contributed by atoms with Gasteiger partial charge in [-0.1, -0.05) is 56.0 Å². The van der Waals surface area contributed by atoms with Crippen molar-refractivity contribution in [3.63, 3.8) is 0 Å². The van der Waals surface area contributed by atoms with Crippen LogP contribution in [-0.2, 0) is 23.6 Å². The Morgan fingerprint density at radius 2 is 1.47 bits per heavy atom. The lowest BCUT2D eigenvalue weighted by Crippen LogP contribution is -2.46. The van der Waals surface area contributed by atoms with Crippen LogP contribution < -0.4 is 0 Å². The highest BCUT2D eigenvalue weighted by molar-refractivity contribution is 5.74. The smallest absolute Gasteiger partial charge is 0.416 e. The van der Waals surface area contributed by atoms with Crippen LogP contribution in [0.5, 0.6) is 0 Å². The largest absolute Gasteiger partial charge is 0.480 e. The lowest BCUT2D eigenvalue weighted by Gasteiger charge is -2.35. The quantitative estimate of drug-likeness (QED) is 0.265. The molecule has 0 radical (unpaired) electrons. The summed E-state index contributed by atoms with van der Waals surface area (Å²) >= 11 is 0. The number of aryl methyl sites for hydroxylation is 1. The molecule has 1 saturated carbocycles. The first-order valence-corrected chi connectivity index (χ1v) is 16.4. The molecule has 2 heterocycles. The number of rotatable bonds is 10. The molecule has 0 spiro atoms. The number of nitrogens with zero attached hydrogens (tertiary/aromatic N) is 2. The van der Waals surface area contributed by atoms with E-state index in [1.54, 1.807) is 0 Å². The summed E-state index contributed by atoms with van der Waals surface area (Å²) in [5.74, 6) is 0.413. The van der Waals surface area contributed by atoms with Gasteiger partial charge in [0.1, 0.15) is 6.04 Å². The highest BCUT2D eigenvalue weighted by atomic mass is 19.4. The number of carboxylic acids is 1. The predicted octanol–water partition coefficient (Wildman–Crippen LogP) is 8.51. The van der Waals surface area contributed by atoms with Gasteiger partial charge in [-0.2, -0.15) is 26.3 Å². The molecule has 5 rings (SSSR count). The first kappa shape index (κ1) is 33.8. The van der Waals surface area contributed by atoms with Gasteiger partial charge in [0.05, 0.1) is 11.1 Å². The van der Waals surface area contributed by atoms with Crippen LogP contribution in [0.15, 0.2) is 48.5 Å². The second kappa shape index (κ2) is 14.4. The maximum atomic E-state index is 13.2. The zero-order valence-electron chi connectivity index (χ0n) is 25.6. The molecule has 3 fully saturated rings. The summed E-state index contributed by atoms with van der Waals surface area (Å²) in [4.78, 5) is 17.2. The van der Waals surface area contributed by atoms with E-state index in [2.05, 4.69) is 21.9 Å². The number of benzene rings is 2. The average molecular weight is 639 g/mol. The molecule has 0 amide bonds. The fourth-order valence-corrected chi connectivity index (χ4v) is 8.05. The molecule has 0 aromatic heterocycles. The number of aliphatic carboxylic acids is 1. The Bertz CT molecular complexity index is 1220. The number of likely N-dealkylation sites (tertiary alicyclic amines) is 2. The fourth-order valence-electron chi connectivity index (χ4n) is 8.05. The number of alkyl halides is 6. The van der Waals surface area contributed by atoms with E-state index in [1.165, 1.54) is 12.0 Å². The maximum absolute atomic E-state index is 13.2. The second-order valence-corrected chi connectivity index (χ2v) is 13.5. The van der Waals surface area contributed by atoms with Crippen LogP contribution in [0.25, 0.3) is 0 Å². The van der Waals surface area contributed by atoms with Crippen molar-refractivity contribution in [3.8, 4) is 0 Å². The molecular weight excluding hydrogens is 594 g/mol. The van der Waals surface area contributed by atoms with Crippen molar-refractivity contribution in [2.45, 2.75) is 88.5 Å². The van der Waals surface area contributed by atoms with Gasteiger partial charge in [0.25, 0.3) is 0 Å². The number of piperidine rings is 1. The first-order valence-electron chi connectivity index (χ1n) is 16.4. The second-order valence-electron chi connectivity index (χ2n) is 13.5. The minimum atomic E-state index is -4.83. The third-order valence-corrected chi connectivity index (χ3v) is 10.4. The van der Waals surface area contributed by atoms with Gasteiger partial charge in [-0.3, -0.25) is 9.69 Å². The van der Waals surface area contributed by atoms with Crippen molar-refractivity contribution in [1.29, 1.82) is 0 Å². The molecule has 1 aliphatic carbocycles. The Kier molecular flexibility index (Phi) is 10.8. The van der Waals surface area contributed by atoms with Crippen molar-refractivity contribution in [3.05, 3.63) is 70.8 Å². The topological polar surface area (TPSA) is 43.8 Å². The van der Waals surface area contributed by atoms with Gasteiger partial charge in [0.15, 0.2) is 0 Å². The monoisotopic (exact) mass is 638 g/mol. The van der Waals surface area contributed by atoms with Crippen molar-refractivity contribution < 1.29 is 36.2 Å². The van der Waals surface area contributed by atoms with E-state index in [-0.39, 0.29) is 29.9 Å². The third kappa shape index (κ3) is 8.82. The maximum Gasteiger partial charge on any atom is 0.416 e. The summed E-state index contributed by atoms with van der Waals surface area (Å²) in [5, 5.41) is 10.3. The van der Waals surface area contributed by atoms with Crippen LogP contribution in [0, 0.1) is 17.8 Å². The van der Waals surface area contributed by atoms with Gasteiger partial charge in [-0.25, -0.2) is 0 Å². The van der Waals surface area contributed by atoms with Gasteiger partial charge in [0.2, 0.25) is 0 Å². The standard InChI is InChI=1S/C35H44F6N2O2/c36-34(37,38)29-18-25(19-30(20-29)35(39,40)41)9-7-8-24-14-16-42(17-15-24)21-28-22-43(23-31(28)26-10-3-1-4-11-26)32(33(44)45)27-12-5-2-6-13-27/h1,3-4,10-11,18-20,24,27-28,31-32H,2,5-9,12-17,21-23H2,(H,44,45). The van der Waals surface area contributed by atoms with E-state index in [4.69, 9.17) is 0 Å². The van der Waals surface area contributed by atoms with Gasteiger partial charge in [0, 0.05) is 25.6 Å². The Morgan fingerprint density at radius 1 is 0.844 bits per heavy atom. The SMILES string of the molecule is O=C(O)C(C1CCCCC1)N1CC(CN2CCC(CCCc3cc(C(F)(F)F)cc(C(F)(F)F)c3)CC2)C(c2ccccc2)C1. The fraction of sp³-hybridized carbons (Fsp3) is 0.629. The van der Waals surface area contributed by atoms with E-state index in [1.807, 2.05) is 18.2 Å². The van der Waals surface area contributed by atoms with E-state index in [0.29, 0.717) is 18.3 Å². The molecule has 248 valence electrons. The molecule has 2 saturated heterocycles. The molecule has 2 aromatic carbocycles. The number of halogens is 6. The van der Waals surface area contributed by atoms with Crippen molar-refractivity contribution in [2.75, 3.05) is 32.7 Å². The molecule has 1 N–H and O–H groups in total. The van der Waals surface area contributed by atoms with E-state index in [9.17, 15) is 36.2 Å². The average Bonchev–Trinajstić information content (AvgIpc) is 3.40. The summed E-state index contributed by atoms with van der Waals surface area (Å²) in [5.41, 5.74) is -1.20. The molecule has 4 nitrogen and oxygen atoms in total. The van der Waals surface area contributed by atoms with Gasteiger partial charge in [-0.05, 0) is 98.7 Å². The van der Waals surface area contributed by atoms with Gasteiger partial charge < -0.3 is 10.0 Å². The minimum Gasteiger partial charge on any atom is -0.480 e. The summed E-state index contributed by atoms with van der Waals surface area (Å²) in [6.07, 6.45) is -1.01. The van der Waals surface area contributed by atoms with E-state index in [0.717, 1.165) is 89.8 Å². The molecule has 0 bridgehead atoms. The Balaban J connectivity index is 1.16. The lowest BCUT2D eigenvalue weighted by atomic mass is 9.83. The highest BCUT2D eigenvalue weighted by Crippen LogP contribution is 2.40. The summed E-state index contributed by atoms with van der Waals surface area (Å²) < 4.78 is 79.4. The summed E-state index contributed by atoms with van der Waals surface area (Å²) in [6.45, 7) is 4.14. The van der Waals surface area contributed by atoms with Crippen LogP contribution in [0.1, 0.15) is 86.0 Å². The molecule has 3 atom stereocenters. The highest BCUT2D eigenvalue weighted by Gasteiger charge is 2.43. The molecule has 10 heteroatoms. The number of hydrogen-bond acceptors (Lipinski definition) is 3. The van der Waals surface area contributed by atoms with Crippen molar-refractivity contribution >= 4 is 5.97 Å². The zero-order valence-corrected chi connectivity index (χ0v) is 25.6. The zero-order chi connectivity index (χ0) is 32.2. The van der Waals surface area contributed by atoms with Crippen molar-refractivity contribution in [1.82, 2.24) is 9.80 Å². The van der Waals surface area contributed by atoms with Crippen LogP contribution in [0.3, 0.4) is 0 Å². The third-order valence-electron chi connectivity index (χ3n) is 10.4. The molecule has 3 aliphatic rings. The summed E-state index contributed by atoms with van der Waals surface area (Å²) in [7, 11) is 0. The van der Waals surface area contributed by atoms with Crippen LogP contribution in [-0.4, -0.2) is 59.6 Å². The van der Waals surface area contributed by atoms with E-state index >= 15 is 0 Å².